The van der Waals surface area contributed by atoms with Gasteiger partial charge in [-0.3, -0.25) is 0 Å². The summed E-state index contributed by atoms with van der Waals surface area (Å²) in [4.78, 5) is 15.7. The van der Waals surface area contributed by atoms with E-state index in [4.69, 9.17) is 0 Å². The van der Waals surface area contributed by atoms with E-state index in [9.17, 15) is 14.3 Å². The van der Waals surface area contributed by atoms with E-state index < -0.39 is 0 Å². The number of hydrogen-bond donors (Lipinski definition) is 3. The number of nitrogens with one attached hydrogen (secondary N) is 2. The first-order chi connectivity index (χ1) is 11.9. The van der Waals surface area contributed by atoms with Gasteiger partial charge in [-0.25, -0.2) is 14.2 Å². The minimum absolute atomic E-state index is 0.125. The molecule has 6 nitrogen and oxygen atoms in total. The van der Waals surface area contributed by atoms with Crippen molar-refractivity contribution in [3.8, 4) is 5.69 Å². The van der Waals surface area contributed by atoms with Crippen molar-refractivity contribution in [3.63, 3.8) is 0 Å². The van der Waals surface area contributed by atoms with Gasteiger partial charge in [-0.2, -0.15) is 0 Å². The first-order valence-electron chi connectivity index (χ1n) is 8.30. The van der Waals surface area contributed by atoms with Crippen LogP contribution in [-0.4, -0.2) is 33.8 Å². The highest BCUT2D eigenvalue weighted by molar-refractivity contribution is 5.73. The Kier molecular flexibility index (Phi) is 6.52. The average molecular weight is 348 g/mol. The van der Waals surface area contributed by atoms with Crippen molar-refractivity contribution < 1.29 is 14.3 Å². The van der Waals surface area contributed by atoms with Crippen molar-refractivity contribution in [2.45, 2.75) is 33.2 Å². The predicted octanol–water partition coefficient (Wildman–Crippen LogP) is 2.61. The topological polar surface area (TPSA) is 79.2 Å². The largest absolute Gasteiger partial charge is 0.396 e. The number of amides is 2. The van der Waals surface area contributed by atoms with Crippen LogP contribution in [0.25, 0.3) is 5.69 Å². The number of urea groups is 1. The predicted molar refractivity (Wildman–Crippen MR) is 93.9 cm³/mol. The molecule has 25 heavy (non-hydrogen) atoms. The maximum Gasteiger partial charge on any atom is 0.315 e. The summed E-state index contributed by atoms with van der Waals surface area (Å²) in [5, 5.41) is 14.6. The van der Waals surface area contributed by atoms with Crippen molar-refractivity contribution >= 4 is 6.03 Å². The number of carbonyl (C=O) groups excluding carboxylic acids is 1. The lowest BCUT2D eigenvalue weighted by atomic mass is 9.89. The fourth-order valence-electron chi connectivity index (χ4n) is 2.36. The molecule has 0 saturated heterocycles. The molecule has 0 bridgehead atoms. The average Bonchev–Trinajstić information content (AvgIpc) is 3.11. The quantitative estimate of drug-likeness (QED) is 0.642. The van der Waals surface area contributed by atoms with Crippen LogP contribution in [0.15, 0.2) is 36.9 Å². The number of imidazole rings is 1. The van der Waals surface area contributed by atoms with Crippen LogP contribution in [0.4, 0.5) is 9.18 Å². The smallest absolute Gasteiger partial charge is 0.315 e. The van der Waals surface area contributed by atoms with Crippen molar-refractivity contribution in [1.29, 1.82) is 0 Å². The van der Waals surface area contributed by atoms with Crippen molar-refractivity contribution in [2.24, 2.45) is 5.41 Å². The lowest BCUT2D eigenvalue weighted by Crippen LogP contribution is -2.36. The van der Waals surface area contributed by atoms with E-state index in [0.29, 0.717) is 17.8 Å². The second-order valence-corrected chi connectivity index (χ2v) is 6.79. The third-order valence-electron chi connectivity index (χ3n) is 3.99. The van der Waals surface area contributed by atoms with Crippen LogP contribution in [0.2, 0.25) is 0 Å². The molecular formula is C18H25FN4O2. The summed E-state index contributed by atoms with van der Waals surface area (Å²) in [6.07, 6.45) is 6.39. The summed E-state index contributed by atoms with van der Waals surface area (Å²) in [6.45, 7) is 4.86. The molecule has 0 saturated carbocycles. The van der Waals surface area contributed by atoms with Crippen molar-refractivity contribution in [2.75, 3.05) is 13.2 Å². The minimum Gasteiger partial charge on any atom is -0.396 e. The van der Waals surface area contributed by atoms with Crippen LogP contribution in [0, 0.1) is 11.2 Å². The van der Waals surface area contributed by atoms with E-state index in [2.05, 4.69) is 15.6 Å². The van der Waals surface area contributed by atoms with Gasteiger partial charge in [0.25, 0.3) is 0 Å². The molecule has 1 aromatic carbocycles. The van der Waals surface area contributed by atoms with Crippen LogP contribution in [0.1, 0.15) is 32.3 Å². The lowest BCUT2D eigenvalue weighted by Gasteiger charge is -2.21. The molecule has 2 amide bonds. The van der Waals surface area contributed by atoms with E-state index in [1.807, 2.05) is 13.8 Å². The number of aliphatic hydroxyl groups excluding tert-OH is 1. The Labute approximate surface area is 147 Å². The summed E-state index contributed by atoms with van der Waals surface area (Å²) in [5.74, 6) is -0.371. The molecule has 7 heteroatoms. The van der Waals surface area contributed by atoms with Crippen LogP contribution >= 0.6 is 0 Å². The highest BCUT2D eigenvalue weighted by Gasteiger charge is 2.15. The van der Waals surface area contributed by atoms with Gasteiger partial charge in [-0.15, -0.1) is 0 Å². The number of rotatable bonds is 8. The van der Waals surface area contributed by atoms with E-state index in [1.165, 1.54) is 12.4 Å². The Morgan fingerprint density at radius 2 is 2.16 bits per heavy atom. The molecule has 1 aromatic heterocycles. The monoisotopic (exact) mass is 348 g/mol. The van der Waals surface area contributed by atoms with Gasteiger partial charge in [-0.1, -0.05) is 19.9 Å². The molecule has 0 unspecified atom stereocenters. The molecule has 3 N–H and O–H groups in total. The second-order valence-electron chi connectivity index (χ2n) is 6.79. The van der Waals surface area contributed by atoms with E-state index in [0.717, 1.165) is 12.8 Å². The Hall–Kier alpha value is -2.41. The number of carbonyl (C=O) groups is 1. The first kappa shape index (κ1) is 18.9. The minimum atomic E-state index is -0.371. The number of hydrogen-bond acceptors (Lipinski definition) is 3. The van der Waals surface area contributed by atoms with Gasteiger partial charge in [-0.05, 0) is 36.0 Å². The fraction of sp³-hybridized carbons (Fsp3) is 0.444. The number of halogens is 1. The SMILES string of the molecule is CC(C)(CO)CCCNC(=O)NCc1ccc(-n2ccnc2)c(F)c1. The molecule has 2 rings (SSSR count). The van der Waals surface area contributed by atoms with E-state index in [-0.39, 0.29) is 30.4 Å². The lowest BCUT2D eigenvalue weighted by molar-refractivity contribution is 0.148. The van der Waals surface area contributed by atoms with Gasteiger partial charge in [0.2, 0.25) is 0 Å². The highest BCUT2D eigenvalue weighted by Crippen LogP contribution is 2.20. The molecule has 0 spiro atoms. The normalized spacial score (nSPS) is 11.4. The molecule has 0 atom stereocenters. The maximum atomic E-state index is 14.1. The van der Waals surface area contributed by atoms with Gasteiger partial charge < -0.3 is 20.3 Å². The summed E-state index contributed by atoms with van der Waals surface area (Å²) in [7, 11) is 0. The summed E-state index contributed by atoms with van der Waals surface area (Å²) >= 11 is 0. The molecular weight excluding hydrogens is 323 g/mol. The summed E-state index contributed by atoms with van der Waals surface area (Å²) < 4.78 is 15.7. The second kappa shape index (κ2) is 8.62. The number of aliphatic hydroxyl groups is 1. The molecule has 0 aliphatic heterocycles. The van der Waals surface area contributed by atoms with Crippen molar-refractivity contribution in [1.82, 2.24) is 20.2 Å². The van der Waals surface area contributed by atoms with Crippen LogP contribution in [-0.2, 0) is 6.54 Å². The Bertz CT molecular complexity index is 686. The number of benzene rings is 1. The Morgan fingerprint density at radius 1 is 1.36 bits per heavy atom. The van der Waals surface area contributed by atoms with E-state index in [1.54, 1.807) is 29.1 Å². The van der Waals surface area contributed by atoms with Gasteiger partial charge in [0.1, 0.15) is 5.82 Å². The van der Waals surface area contributed by atoms with Gasteiger partial charge in [0, 0.05) is 32.1 Å². The molecule has 0 aliphatic carbocycles. The van der Waals surface area contributed by atoms with Crippen molar-refractivity contribution in [3.05, 3.63) is 48.3 Å². The summed E-state index contributed by atoms with van der Waals surface area (Å²) in [6, 6.07) is 4.53. The zero-order valence-corrected chi connectivity index (χ0v) is 14.6. The highest BCUT2D eigenvalue weighted by atomic mass is 19.1. The molecule has 0 aliphatic rings. The molecule has 0 radical (unpaired) electrons. The van der Waals surface area contributed by atoms with Gasteiger partial charge in [0.05, 0.1) is 12.0 Å². The van der Waals surface area contributed by atoms with Crippen LogP contribution in [0.3, 0.4) is 0 Å². The number of nitrogens with zero attached hydrogens (tertiary/aromatic N) is 2. The third kappa shape index (κ3) is 5.86. The Balaban J connectivity index is 1.76. The zero-order valence-electron chi connectivity index (χ0n) is 14.6. The fourth-order valence-corrected chi connectivity index (χ4v) is 2.36. The zero-order chi connectivity index (χ0) is 18.3. The van der Waals surface area contributed by atoms with E-state index >= 15 is 0 Å². The molecule has 136 valence electrons. The first-order valence-corrected chi connectivity index (χ1v) is 8.30. The third-order valence-corrected chi connectivity index (χ3v) is 3.99. The standard InChI is InChI=1S/C18H25FN4O2/c1-18(2,12-24)6-3-7-21-17(25)22-11-14-4-5-16(15(19)10-14)23-9-8-20-13-23/h4-5,8-10,13,24H,3,6-7,11-12H2,1-2H3,(H2,21,22,25). The summed E-state index contributed by atoms with van der Waals surface area (Å²) in [5.41, 5.74) is 0.960. The van der Waals surface area contributed by atoms with Crippen LogP contribution < -0.4 is 10.6 Å². The van der Waals surface area contributed by atoms with Gasteiger partial charge >= 0.3 is 6.03 Å². The number of aromatic nitrogens is 2. The van der Waals surface area contributed by atoms with Crippen LogP contribution in [0.5, 0.6) is 0 Å². The molecule has 0 fully saturated rings. The van der Waals surface area contributed by atoms with Gasteiger partial charge in [0.15, 0.2) is 0 Å². The maximum absolute atomic E-state index is 14.1. The Morgan fingerprint density at radius 3 is 2.80 bits per heavy atom. The molecule has 1 heterocycles. The molecule has 2 aromatic rings.